The van der Waals surface area contributed by atoms with Gasteiger partial charge in [0.25, 0.3) is 0 Å². The Kier molecular flexibility index (Phi) is 6.53. The van der Waals surface area contributed by atoms with Crippen molar-refractivity contribution >= 4 is 39.8 Å². The third-order valence-electron chi connectivity index (χ3n) is 6.70. The van der Waals surface area contributed by atoms with E-state index in [-0.39, 0.29) is 0 Å². The van der Waals surface area contributed by atoms with Crippen LogP contribution in [-0.4, -0.2) is 14.5 Å². The highest BCUT2D eigenvalue weighted by molar-refractivity contribution is 7.07. The van der Waals surface area contributed by atoms with Gasteiger partial charge in [0.05, 0.1) is 16.7 Å². The Bertz CT molecular complexity index is 1550. The predicted octanol–water partition coefficient (Wildman–Crippen LogP) is 7.91. The quantitative estimate of drug-likeness (QED) is 0.244. The molecule has 1 saturated carbocycles. The van der Waals surface area contributed by atoms with Gasteiger partial charge in [0.15, 0.2) is 5.82 Å². The monoisotopic (exact) mass is 511 g/mol. The minimum absolute atomic E-state index is 0.424. The highest BCUT2D eigenvalue weighted by atomic mass is 35.5. The standard InChI is InChI=1S/C29H26ClN5S/c30-22-17-15-20(16-18-22)26-19-36-29(35(26)23-11-5-2-6-12-23)34-33-28-27(21-9-3-1-4-10-21)31-24-13-7-8-14-25(24)32-28/h1,3-4,7-10,13-19,23H,2,5-6,11-12H2,(H,32,33)/b34-29+. The Balaban J connectivity index is 1.46. The second kappa shape index (κ2) is 10.2. The second-order valence-corrected chi connectivity index (χ2v) is 10.3. The smallest absolute Gasteiger partial charge is 0.208 e. The fraction of sp³-hybridized carbons (Fsp3) is 0.207. The van der Waals surface area contributed by atoms with Crippen LogP contribution in [0.3, 0.4) is 0 Å². The number of halogens is 1. The highest BCUT2D eigenvalue weighted by Crippen LogP contribution is 2.33. The highest BCUT2D eigenvalue weighted by Gasteiger charge is 2.20. The molecule has 1 aliphatic carbocycles. The number of fused-ring (bicyclic) bond motifs is 1. The molecule has 0 radical (unpaired) electrons. The number of thiazole rings is 1. The zero-order valence-electron chi connectivity index (χ0n) is 19.8. The third kappa shape index (κ3) is 4.66. The molecule has 36 heavy (non-hydrogen) atoms. The summed E-state index contributed by atoms with van der Waals surface area (Å²) in [5.74, 6) is 0.650. The number of benzene rings is 3. The molecular weight excluding hydrogens is 486 g/mol. The van der Waals surface area contributed by atoms with Crippen LogP contribution in [0.2, 0.25) is 5.02 Å². The number of nitrogens with zero attached hydrogens (tertiary/aromatic N) is 4. The molecule has 1 fully saturated rings. The molecule has 0 atom stereocenters. The minimum atomic E-state index is 0.424. The first-order valence-electron chi connectivity index (χ1n) is 12.3. The number of nitrogens with one attached hydrogen (secondary N) is 1. The minimum Gasteiger partial charge on any atom is -0.312 e. The van der Waals surface area contributed by atoms with Gasteiger partial charge in [0.2, 0.25) is 4.80 Å². The van der Waals surface area contributed by atoms with E-state index in [1.165, 1.54) is 25.0 Å². The van der Waals surface area contributed by atoms with Crippen molar-refractivity contribution in [3.05, 3.63) is 94.1 Å². The first-order valence-corrected chi connectivity index (χ1v) is 13.6. The molecule has 0 unspecified atom stereocenters. The average Bonchev–Trinajstić information content (AvgIpc) is 3.36. The molecule has 5 nitrogen and oxygen atoms in total. The lowest BCUT2D eigenvalue weighted by molar-refractivity contribution is 0.350. The van der Waals surface area contributed by atoms with Gasteiger partial charge in [-0.3, -0.25) is 5.43 Å². The molecule has 0 saturated heterocycles. The summed E-state index contributed by atoms with van der Waals surface area (Å²) < 4.78 is 2.40. The fourth-order valence-electron chi connectivity index (χ4n) is 4.90. The van der Waals surface area contributed by atoms with Crippen molar-refractivity contribution in [3.8, 4) is 22.5 Å². The lowest BCUT2D eigenvalue weighted by Gasteiger charge is -2.25. The summed E-state index contributed by atoms with van der Waals surface area (Å²) in [6, 6.07) is 26.6. The number of rotatable bonds is 5. The van der Waals surface area contributed by atoms with Crippen molar-refractivity contribution in [2.24, 2.45) is 5.10 Å². The molecule has 3 aromatic carbocycles. The molecule has 0 aliphatic heterocycles. The van der Waals surface area contributed by atoms with Crippen LogP contribution in [-0.2, 0) is 0 Å². The van der Waals surface area contributed by atoms with E-state index in [4.69, 9.17) is 26.7 Å². The van der Waals surface area contributed by atoms with Crippen LogP contribution in [0.4, 0.5) is 5.82 Å². The van der Waals surface area contributed by atoms with E-state index in [9.17, 15) is 0 Å². The van der Waals surface area contributed by atoms with Gasteiger partial charge in [-0.2, -0.15) is 0 Å². The Labute approximate surface area is 219 Å². The summed E-state index contributed by atoms with van der Waals surface area (Å²) in [4.78, 5) is 10.8. The lowest BCUT2D eigenvalue weighted by atomic mass is 9.95. The van der Waals surface area contributed by atoms with Crippen LogP contribution in [0, 0.1) is 0 Å². The van der Waals surface area contributed by atoms with Gasteiger partial charge in [0, 0.05) is 22.0 Å². The Morgan fingerprint density at radius 1 is 0.806 bits per heavy atom. The van der Waals surface area contributed by atoms with Crippen LogP contribution in [0.1, 0.15) is 38.1 Å². The molecule has 5 aromatic rings. The molecule has 2 aromatic heterocycles. The first kappa shape index (κ1) is 23.0. The van der Waals surface area contributed by atoms with Crippen molar-refractivity contribution < 1.29 is 0 Å². The maximum atomic E-state index is 6.17. The Morgan fingerprint density at radius 2 is 1.50 bits per heavy atom. The van der Waals surface area contributed by atoms with Crippen LogP contribution in [0.15, 0.2) is 89.3 Å². The van der Waals surface area contributed by atoms with Crippen LogP contribution >= 0.6 is 22.9 Å². The van der Waals surface area contributed by atoms with Gasteiger partial charge in [-0.05, 0) is 42.7 Å². The number of hydrogen-bond donors (Lipinski definition) is 1. The molecular formula is C29H26ClN5S. The van der Waals surface area contributed by atoms with E-state index in [0.29, 0.717) is 11.9 Å². The molecule has 180 valence electrons. The number of hydrogen-bond acceptors (Lipinski definition) is 5. The van der Waals surface area contributed by atoms with Crippen molar-refractivity contribution in [2.45, 2.75) is 38.1 Å². The van der Waals surface area contributed by atoms with Crippen LogP contribution < -0.4 is 10.2 Å². The summed E-state index contributed by atoms with van der Waals surface area (Å²) in [6.07, 6.45) is 6.11. The molecule has 0 bridgehead atoms. The summed E-state index contributed by atoms with van der Waals surface area (Å²) in [5.41, 5.74) is 9.11. The molecule has 0 spiro atoms. The largest absolute Gasteiger partial charge is 0.312 e. The molecule has 0 amide bonds. The zero-order chi connectivity index (χ0) is 24.3. The second-order valence-electron chi connectivity index (χ2n) is 9.07. The van der Waals surface area contributed by atoms with E-state index >= 15 is 0 Å². The Morgan fingerprint density at radius 3 is 2.25 bits per heavy atom. The van der Waals surface area contributed by atoms with Gasteiger partial charge in [-0.1, -0.05) is 85.5 Å². The zero-order valence-corrected chi connectivity index (χ0v) is 21.3. The van der Waals surface area contributed by atoms with Gasteiger partial charge < -0.3 is 4.57 Å². The predicted molar refractivity (Wildman–Crippen MR) is 149 cm³/mol. The van der Waals surface area contributed by atoms with E-state index < -0.39 is 0 Å². The fourth-order valence-corrected chi connectivity index (χ4v) is 5.95. The van der Waals surface area contributed by atoms with Crippen LogP contribution in [0.25, 0.3) is 33.5 Å². The van der Waals surface area contributed by atoms with Gasteiger partial charge in [0.1, 0.15) is 5.69 Å². The summed E-state index contributed by atoms with van der Waals surface area (Å²) >= 11 is 7.82. The van der Waals surface area contributed by atoms with Gasteiger partial charge in [-0.25, -0.2) is 9.97 Å². The van der Waals surface area contributed by atoms with Crippen molar-refractivity contribution in [3.63, 3.8) is 0 Å². The molecule has 1 N–H and O–H groups in total. The average molecular weight is 512 g/mol. The van der Waals surface area contributed by atoms with E-state index in [1.54, 1.807) is 11.3 Å². The van der Waals surface area contributed by atoms with Gasteiger partial charge >= 0.3 is 0 Å². The maximum absolute atomic E-state index is 6.17. The van der Waals surface area contributed by atoms with Crippen molar-refractivity contribution in [1.82, 2.24) is 14.5 Å². The van der Waals surface area contributed by atoms with Crippen molar-refractivity contribution in [1.29, 1.82) is 0 Å². The summed E-state index contributed by atoms with van der Waals surface area (Å²) in [5, 5.41) is 7.85. The third-order valence-corrected chi connectivity index (χ3v) is 7.79. The topological polar surface area (TPSA) is 55.1 Å². The van der Waals surface area contributed by atoms with Gasteiger partial charge in [-0.15, -0.1) is 16.4 Å². The van der Waals surface area contributed by atoms with E-state index in [0.717, 1.165) is 50.5 Å². The number of para-hydroxylation sites is 2. The number of aromatic nitrogens is 3. The number of anilines is 1. The summed E-state index contributed by atoms with van der Waals surface area (Å²) in [6.45, 7) is 0. The Hall–Kier alpha value is -3.48. The van der Waals surface area contributed by atoms with E-state index in [1.807, 2.05) is 54.6 Å². The maximum Gasteiger partial charge on any atom is 0.208 e. The summed E-state index contributed by atoms with van der Waals surface area (Å²) in [7, 11) is 0. The molecule has 1 aliphatic rings. The van der Waals surface area contributed by atoms with Crippen molar-refractivity contribution in [2.75, 3.05) is 5.43 Å². The normalized spacial score (nSPS) is 14.9. The molecule has 6 rings (SSSR count). The lowest BCUT2D eigenvalue weighted by Crippen LogP contribution is -2.25. The molecule has 7 heteroatoms. The van der Waals surface area contributed by atoms with E-state index in [2.05, 4.69) is 39.6 Å². The molecule has 2 heterocycles. The first-order chi connectivity index (χ1) is 17.8. The SMILES string of the molecule is Clc1ccc(-c2cs/c(=N/Nc3nc4ccccc4nc3-c3ccccc3)n2C2CCCCC2)cc1. The van der Waals surface area contributed by atoms with Crippen LogP contribution in [0.5, 0.6) is 0 Å².